The first-order valence-electron chi connectivity index (χ1n) is 6.06. The lowest BCUT2D eigenvalue weighted by atomic mass is 10.1. The van der Waals surface area contributed by atoms with Gasteiger partial charge in [-0.25, -0.2) is 4.79 Å². The molecule has 1 unspecified atom stereocenters. The average molecular weight is 271 g/mol. The predicted octanol–water partition coefficient (Wildman–Crippen LogP) is 2.48. The smallest absolute Gasteiger partial charge is 0.410 e. The van der Waals surface area contributed by atoms with Crippen LogP contribution in [0.2, 0.25) is 0 Å². The highest BCUT2D eigenvalue weighted by Crippen LogP contribution is 2.22. The third-order valence-corrected chi connectivity index (χ3v) is 3.61. The lowest BCUT2D eigenvalue weighted by molar-refractivity contribution is -0.115. The van der Waals surface area contributed by atoms with E-state index in [1.54, 1.807) is 16.7 Å². The Kier molecular flexibility index (Phi) is 5.26. The molecule has 18 heavy (non-hydrogen) atoms. The zero-order valence-corrected chi connectivity index (χ0v) is 12.1. The Hall–Kier alpha value is -0.970. The number of allylic oxidation sites excluding steroid dienone is 1. The van der Waals surface area contributed by atoms with E-state index in [0.29, 0.717) is 13.0 Å². The van der Waals surface area contributed by atoms with Gasteiger partial charge in [-0.05, 0) is 26.8 Å². The second-order valence-electron chi connectivity index (χ2n) is 5.28. The SMILES string of the molecule is C=CC(=O)CC1CSCCN1C(=O)OC(C)(C)C. The molecule has 0 radical (unpaired) electrons. The number of ether oxygens (including phenoxy) is 1. The molecule has 1 amide bonds. The number of carbonyl (C=O) groups is 2. The zero-order chi connectivity index (χ0) is 13.8. The molecule has 1 atom stereocenters. The molecule has 1 saturated heterocycles. The molecule has 0 spiro atoms. The Labute approximate surface area is 113 Å². The summed E-state index contributed by atoms with van der Waals surface area (Å²) in [6.45, 7) is 9.62. The van der Waals surface area contributed by atoms with Crippen LogP contribution in [0.25, 0.3) is 0 Å². The van der Waals surface area contributed by atoms with E-state index in [4.69, 9.17) is 4.74 Å². The molecule has 4 nitrogen and oxygen atoms in total. The Morgan fingerprint density at radius 1 is 1.50 bits per heavy atom. The van der Waals surface area contributed by atoms with Gasteiger partial charge < -0.3 is 9.64 Å². The van der Waals surface area contributed by atoms with E-state index in [1.165, 1.54) is 6.08 Å². The largest absolute Gasteiger partial charge is 0.444 e. The summed E-state index contributed by atoms with van der Waals surface area (Å²) in [6, 6.07) is -0.0795. The number of hydrogen-bond donors (Lipinski definition) is 0. The van der Waals surface area contributed by atoms with Gasteiger partial charge in [-0.3, -0.25) is 4.79 Å². The quantitative estimate of drug-likeness (QED) is 0.740. The molecule has 0 bridgehead atoms. The Morgan fingerprint density at radius 3 is 2.72 bits per heavy atom. The number of nitrogens with zero attached hydrogens (tertiary/aromatic N) is 1. The van der Waals surface area contributed by atoms with Crippen molar-refractivity contribution in [1.82, 2.24) is 4.90 Å². The van der Waals surface area contributed by atoms with Gasteiger partial charge in [0.2, 0.25) is 0 Å². The summed E-state index contributed by atoms with van der Waals surface area (Å²) in [5, 5.41) is 0. The van der Waals surface area contributed by atoms with Crippen molar-refractivity contribution >= 4 is 23.6 Å². The Bertz CT molecular complexity index is 336. The zero-order valence-electron chi connectivity index (χ0n) is 11.3. The average Bonchev–Trinajstić information content (AvgIpc) is 2.27. The summed E-state index contributed by atoms with van der Waals surface area (Å²) >= 11 is 1.76. The molecule has 102 valence electrons. The maximum Gasteiger partial charge on any atom is 0.410 e. The maximum absolute atomic E-state index is 12.1. The standard InChI is InChI=1S/C13H21NO3S/c1-5-11(15)8-10-9-18-7-6-14(10)12(16)17-13(2,3)4/h5,10H,1,6-9H2,2-4H3. The van der Waals surface area contributed by atoms with E-state index >= 15 is 0 Å². The molecule has 0 aromatic rings. The van der Waals surface area contributed by atoms with E-state index in [2.05, 4.69) is 6.58 Å². The van der Waals surface area contributed by atoms with E-state index in [0.717, 1.165) is 11.5 Å². The summed E-state index contributed by atoms with van der Waals surface area (Å²) in [7, 11) is 0. The number of thioether (sulfide) groups is 1. The van der Waals surface area contributed by atoms with Crippen LogP contribution in [0.15, 0.2) is 12.7 Å². The van der Waals surface area contributed by atoms with Crippen LogP contribution >= 0.6 is 11.8 Å². The lowest BCUT2D eigenvalue weighted by Gasteiger charge is -2.36. The third-order valence-electron chi connectivity index (χ3n) is 2.52. The van der Waals surface area contributed by atoms with Crippen molar-refractivity contribution in [3.05, 3.63) is 12.7 Å². The fourth-order valence-electron chi connectivity index (χ4n) is 1.70. The van der Waals surface area contributed by atoms with Gasteiger partial charge in [-0.15, -0.1) is 0 Å². The van der Waals surface area contributed by atoms with Gasteiger partial charge in [0.1, 0.15) is 5.60 Å². The van der Waals surface area contributed by atoms with Gasteiger partial charge in [-0.2, -0.15) is 11.8 Å². The molecule has 0 aromatic heterocycles. The van der Waals surface area contributed by atoms with E-state index in [-0.39, 0.29) is 17.9 Å². The molecule has 1 heterocycles. The first kappa shape index (κ1) is 15.1. The second kappa shape index (κ2) is 6.27. The molecule has 0 saturated carbocycles. The fraction of sp³-hybridized carbons (Fsp3) is 0.692. The molecule has 1 fully saturated rings. The number of carbonyl (C=O) groups excluding carboxylic acids is 2. The van der Waals surface area contributed by atoms with Gasteiger partial charge in [-0.1, -0.05) is 6.58 Å². The highest BCUT2D eigenvalue weighted by molar-refractivity contribution is 7.99. The van der Waals surface area contributed by atoms with E-state index in [9.17, 15) is 9.59 Å². The topological polar surface area (TPSA) is 46.6 Å². The highest BCUT2D eigenvalue weighted by Gasteiger charge is 2.31. The molecule has 1 rings (SSSR count). The molecule has 1 aliphatic rings. The Balaban J connectivity index is 2.66. The molecule has 0 aliphatic carbocycles. The monoisotopic (exact) mass is 271 g/mol. The van der Waals surface area contributed by atoms with Crippen molar-refractivity contribution in [3.63, 3.8) is 0 Å². The first-order chi connectivity index (χ1) is 8.33. The summed E-state index contributed by atoms with van der Waals surface area (Å²) in [6.07, 6.45) is 1.31. The van der Waals surface area contributed by atoms with Crippen molar-refractivity contribution in [1.29, 1.82) is 0 Å². The van der Waals surface area contributed by atoms with Crippen LogP contribution in [0.3, 0.4) is 0 Å². The molecule has 0 aromatic carbocycles. The summed E-state index contributed by atoms with van der Waals surface area (Å²) in [5.74, 6) is 1.63. The summed E-state index contributed by atoms with van der Waals surface area (Å²) in [4.78, 5) is 25.1. The fourth-order valence-corrected chi connectivity index (χ4v) is 2.76. The minimum Gasteiger partial charge on any atom is -0.444 e. The third kappa shape index (κ3) is 4.72. The normalized spacial score (nSPS) is 20.4. The van der Waals surface area contributed by atoms with E-state index in [1.807, 2.05) is 20.8 Å². The summed E-state index contributed by atoms with van der Waals surface area (Å²) in [5.41, 5.74) is -0.505. The van der Waals surface area contributed by atoms with Crippen molar-refractivity contribution in [3.8, 4) is 0 Å². The van der Waals surface area contributed by atoms with Crippen LogP contribution in [-0.2, 0) is 9.53 Å². The van der Waals surface area contributed by atoms with Crippen molar-refractivity contribution < 1.29 is 14.3 Å². The molecule has 1 aliphatic heterocycles. The number of ketones is 1. The van der Waals surface area contributed by atoms with Gasteiger partial charge in [0.05, 0.1) is 6.04 Å². The van der Waals surface area contributed by atoms with Crippen LogP contribution in [-0.4, -0.2) is 46.5 Å². The summed E-state index contributed by atoms with van der Waals surface area (Å²) < 4.78 is 5.36. The highest BCUT2D eigenvalue weighted by atomic mass is 32.2. The van der Waals surface area contributed by atoms with Crippen molar-refractivity contribution in [2.45, 2.75) is 38.8 Å². The number of amides is 1. The minimum absolute atomic E-state index is 0.0314. The van der Waals surface area contributed by atoms with Gasteiger partial charge in [0, 0.05) is 24.5 Å². The van der Waals surface area contributed by atoms with Crippen LogP contribution in [0.4, 0.5) is 4.79 Å². The molecular formula is C13H21NO3S. The molecule has 5 heteroatoms. The minimum atomic E-state index is -0.505. The maximum atomic E-state index is 12.1. The van der Waals surface area contributed by atoms with Crippen LogP contribution in [0, 0.1) is 0 Å². The van der Waals surface area contributed by atoms with Gasteiger partial charge >= 0.3 is 6.09 Å². The molecule has 0 N–H and O–H groups in total. The number of rotatable bonds is 3. The van der Waals surface area contributed by atoms with Crippen LogP contribution < -0.4 is 0 Å². The molecular weight excluding hydrogens is 250 g/mol. The van der Waals surface area contributed by atoms with Gasteiger partial charge in [0.15, 0.2) is 5.78 Å². The first-order valence-corrected chi connectivity index (χ1v) is 7.21. The lowest BCUT2D eigenvalue weighted by Crippen LogP contribution is -2.48. The van der Waals surface area contributed by atoms with Crippen LogP contribution in [0.1, 0.15) is 27.2 Å². The Morgan fingerprint density at radius 2 is 2.17 bits per heavy atom. The van der Waals surface area contributed by atoms with E-state index < -0.39 is 5.60 Å². The predicted molar refractivity (Wildman–Crippen MR) is 73.9 cm³/mol. The van der Waals surface area contributed by atoms with Crippen molar-refractivity contribution in [2.75, 3.05) is 18.1 Å². The van der Waals surface area contributed by atoms with Gasteiger partial charge in [0.25, 0.3) is 0 Å². The van der Waals surface area contributed by atoms with Crippen LogP contribution in [0.5, 0.6) is 0 Å². The number of hydrogen-bond acceptors (Lipinski definition) is 4. The van der Waals surface area contributed by atoms with Crippen molar-refractivity contribution in [2.24, 2.45) is 0 Å². The second-order valence-corrected chi connectivity index (χ2v) is 6.43.